The van der Waals surface area contributed by atoms with Crippen molar-refractivity contribution < 1.29 is 9.18 Å². The summed E-state index contributed by atoms with van der Waals surface area (Å²) in [6.07, 6.45) is 1.66. The number of amidine groups is 1. The van der Waals surface area contributed by atoms with Gasteiger partial charge in [0.05, 0.1) is 11.3 Å². The van der Waals surface area contributed by atoms with Crippen LogP contribution in [0.15, 0.2) is 88.0 Å². The Kier molecular flexibility index (Phi) is 5.11. The number of carbonyl (C=O) groups excluding carboxylic acids is 1. The van der Waals surface area contributed by atoms with E-state index in [2.05, 4.69) is 20.9 Å². The average Bonchev–Trinajstić information content (AvgIpc) is 3.00. The molecule has 0 saturated carbocycles. The molecule has 6 heteroatoms. The molecular weight excluding hydrogens is 443 g/mol. The molecule has 28 heavy (non-hydrogen) atoms. The van der Waals surface area contributed by atoms with E-state index in [1.807, 2.05) is 12.1 Å². The van der Waals surface area contributed by atoms with Gasteiger partial charge in [-0.2, -0.15) is 0 Å². The molecule has 1 aliphatic rings. The van der Waals surface area contributed by atoms with Gasteiger partial charge < -0.3 is 0 Å². The molecule has 0 atom stereocenters. The summed E-state index contributed by atoms with van der Waals surface area (Å²) in [5, 5.41) is 0.603. The van der Waals surface area contributed by atoms with Crippen LogP contribution in [0, 0.1) is 5.82 Å². The zero-order chi connectivity index (χ0) is 19.7. The number of rotatable bonds is 3. The predicted molar refractivity (Wildman–Crippen MR) is 114 cm³/mol. The van der Waals surface area contributed by atoms with Crippen LogP contribution in [0.3, 0.4) is 0 Å². The Hall–Kier alpha value is -2.76. The van der Waals surface area contributed by atoms with E-state index in [0.29, 0.717) is 10.7 Å². The number of nitrogens with zero attached hydrogens (tertiary/aromatic N) is 2. The third-order valence-corrected chi connectivity index (χ3v) is 4.96. The van der Waals surface area contributed by atoms with E-state index in [-0.39, 0.29) is 23.0 Å². The molecule has 1 heterocycles. The highest BCUT2D eigenvalue weighted by Gasteiger charge is 2.33. The van der Waals surface area contributed by atoms with Crippen LogP contribution in [0.2, 0.25) is 5.02 Å². The van der Waals surface area contributed by atoms with Crippen molar-refractivity contribution in [2.24, 2.45) is 4.99 Å². The van der Waals surface area contributed by atoms with E-state index >= 15 is 0 Å². The first-order chi connectivity index (χ1) is 13.5. The number of anilines is 1. The van der Waals surface area contributed by atoms with Gasteiger partial charge in [0.1, 0.15) is 11.5 Å². The van der Waals surface area contributed by atoms with Crippen molar-refractivity contribution in [3.05, 3.63) is 105 Å². The second-order valence-electron chi connectivity index (χ2n) is 6.12. The fourth-order valence-electron chi connectivity index (χ4n) is 2.91. The van der Waals surface area contributed by atoms with Crippen molar-refractivity contribution >= 4 is 51.0 Å². The van der Waals surface area contributed by atoms with Gasteiger partial charge in [0, 0.05) is 9.50 Å². The predicted octanol–water partition coefficient (Wildman–Crippen LogP) is 6.08. The Balaban J connectivity index is 1.85. The molecule has 1 amide bonds. The van der Waals surface area contributed by atoms with Crippen LogP contribution in [-0.4, -0.2) is 11.7 Å². The van der Waals surface area contributed by atoms with Gasteiger partial charge >= 0.3 is 0 Å². The monoisotopic (exact) mass is 454 g/mol. The van der Waals surface area contributed by atoms with Gasteiger partial charge in [-0.1, -0.05) is 57.9 Å². The van der Waals surface area contributed by atoms with Crippen LogP contribution in [0.1, 0.15) is 11.1 Å². The first-order valence-electron chi connectivity index (χ1n) is 8.44. The standard InChI is InChI=1S/C22H13BrClFN2O/c23-15-4-3-5-17(13-15)27-21(18-6-1-2-7-19(18)25)26-20(22(27)28)12-14-8-10-16(24)11-9-14/h1-13H/b20-12+. The molecule has 3 aromatic carbocycles. The number of hydrogen-bond acceptors (Lipinski definition) is 2. The quantitative estimate of drug-likeness (QED) is 0.441. The summed E-state index contributed by atoms with van der Waals surface area (Å²) in [5.41, 5.74) is 1.86. The second kappa shape index (κ2) is 7.70. The number of aliphatic imine (C=N–C) groups is 1. The molecule has 4 rings (SSSR count). The van der Waals surface area contributed by atoms with Crippen molar-refractivity contribution in [2.45, 2.75) is 0 Å². The summed E-state index contributed by atoms with van der Waals surface area (Å²) < 4.78 is 15.3. The number of amides is 1. The van der Waals surface area contributed by atoms with Gasteiger partial charge in [-0.15, -0.1) is 0 Å². The highest BCUT2D eigenvalue weighted by Crippen LogP contribution is 2.30. The van der Waals surface area contributed by atoms with Crippen LogP contribution < -0.4 is 4.90 Å². The van der Waals surface area contributed by atoms with E-state index in [1.54, 1.807) is 60.7 Å². The topological polar surface area (TPSA) is 32.7 Å². The van der Waals surface area contributed by atoms with E-state index in [9.17, 15) is 9.18 Å². The lowest BCUT2D eigenvalue weighted by atomic mass is 10.1. The Morgan fingerprint density at radius 1 is 1.00 bits per heavy atom. The molecule has 0 radical (unpaired) electrons. The normalized spacial score (nSPS) is 15.2. The molecule has 0 bridgehead atoms. The van der Waals surface area contributed by atoms with Crippen molar-refractivity contribution in [3.63, 3.8) is 0 Å². The van der Waals surface area contributed by atoms with E-state index in [0.717, 1.165) is 10.0 Å². The van der Waals surface area contributed by atoms with Crippen LogP contribution in [0.25, 0.3) is 6.08 Å². The van der Waals surface area contributed by atoms with Crippen molar-refractivity contribution in [3.8, 4) is 0 Å². The molecule has 0 unspecified atom stereocenters. The Labute approximate surface area is 174 Å². The SMILES string of the molecule is O=C1/C(=C\c2ccc(Cl)cc2)N=C(c2ccccc2F)N1c1cccc(Br)c1. The first kappa shape index (κ1) is 18.6. The van der Waals surface area contributed by atoms with E-state index < -0.39 is 5.82 Å². The Morgan fingerprint density at radius 2 is 1.75 bits per heavy atom. The maximum atomic E-state index is 14.5. The maximum absolute atomic E-state index is 14.5. The second-order valence-corrected chi connectivity index (χ2v) is 7.47. The molecule has 138 valence electrons. The van der Waals surface area contributed by atoms with Gasteiger partial charge in [-0.25, -0.2) is 9.38 Å². The lowest BCUT2D eigenvalue weighted by Crippen LogP contribution is -2.33. The third-order valence-electron chi connectivity index (χ3n) is 4.21. The number of halogens is 3. The van der Waals surface area contributed by atoms with Crippen LogP contribution >= 0.6 is 27.5 Å². The Morgan fingerprint density at radius 3 is 2.46 bits per heavy atom. The summed E-state index contributed by atoms with van der Waals surface area (Å²) in [5.74, 6) is -0.519. The minimum absolute atomic E-state index is 0.223. The van der Waals surface area contributed by atoms with E-state index in [4.69, 9.17) is 11.6 Å². The third kappa shape index (κ3) is 3.63. The van der Waals surface area contributed by atoms with Gasteiger partial charge in [-0.3, -0.25) is 9.69 Å². The molecule has 3 aromatic rings. The molecule has 0 N–H and O–H groups in total. The molecule has 0 aromatic heterocycles. The van der Waals surface area contributed by atoms with Gasteiger partial charge in [0.15, 0.2) is 5.84 Å². The average molecular weight is 456 g/mol. The van der Waals surface area contributed by atoms with Crippen molar-refractivity contribution in [1.29, 1.82) is 0 Å². The largest absolute Gasteiger partial charge is 0.282 e. The van der Waals surface area contributed by atoms with Crippen LogP contribution in [-0.2, 0) is 4.79 Å². The van der Waals surface area contributed by atoms with Crippen molar-refractivity contribution in [2.75, 3.05) is 4.90 Å². The Bertz CT molecular complexity index is 1130. The summed E-state index contributed by atoms with van der Waals surface area (Å²) in [6, 6.07) is 20.6. The van der Waals surface area contributed by atoms with Crippen LogP contribution in [0.4, 0.5) is 10.1 Å². The van der Waals surface area contributed by atoms with Crippen LogP contribution in [0.5, 0.6) is 0 Å². The number of hydrogen-bond donors (Lipinski definition) is 0. The number of benzene rings is 3. The zero-order valence-electron chi connectivity index (χ0n) is 14.4. The van der Waals surface area contributed by atoms with E-state index in [1.165, 1.54) is 11.0 Å². The number of carbonyl (C=O) groups is 1. The summed E-state index contributed by atoms with van der Waals surface area (Å²) in [7, 11) is 0. The first-order valence-corrected chi connectivity index (χ1v) is 9.61. The minimum Gasteiger partial charge on any atom is -0.266 e. The summed E-state index contributed by atoms with van der Waals surface area (Å²) in [6.45, 7) is 0. The smallest absolute Gasteiger partial charge is 0.266 e. The fourth-order valence-corrected chi connectivity index (χ4v) is 3.42. The van der Waals surface area contributed by atoms with Gasteiger partial charge in [0.2, 0.25) is 0 Å². The zero-order valence-corrected chi connectivity index (χ0v) is 16.8. The summed E-state index contributed by atoms with van der Waals surface area (Å²) in [4.78, 5) is 19.1. The van der Waals surface area contributed by atoms with Crippen molar-refractivity contribution in [1.82, 2.24) is 0 Å². The highest BCUT2D eigenvalue weighted by atomic mass is 79.9. The molecule has 0 spiro atoms. The lowest BCUT2D eigenvalue weighted by Gasteiger charge is -2.19. The highest BCUT2D eigenvalue weighted by molar-refractivity contribution is 9.10. The molecule has 1 aliphatic heterocycles. The lowest BCUT2D eigenvalue weighted by molar-refractivity contribution is -0.113. The molecule has 0 aliphatic carbocycles. The molecule has 0 fully saturated rings. The minimum atomic E-state index is -0.443. The molecular formula is C22H13BrClFN2O. The maximum Gasteiger partial charge on any atom is 0.282 e. The van der Waals surface area contributed by atoms with Gasteiger partial charge in [0.25, 0.3) is 5.91 Å². The summed E-state index contributed by atoms with van der Waals surface area (Å²) >= 11 is 9.34. The molecule has 3 nitrogen and oxygen atoms in total. The fraction of sp³-hybridized carbons (Fsp3) is 0. The van der Waals surface area contributed by atoms with Gasteiger partial charge in [-0.05, 0) is 54.1 Å². The molecule has 0 saturated heterocycles.